The average molecular weight is 329 g/mol. The lowest BCUT2D eigenvalue weighted by Crippen LogP contribution is -2.14. The first kappa shape index (κ1) is 15.4. The molecule has 1 heterocycles. The van der Waals surface area contributed by atoms with Gasteiger partial charge >= 0.3 is 0 Å². The van der Waals surface area contributed by atoms with Crippen molar-refractivity contribution in [1.82, 2.24) is 4.98 Å². The number of aromatic amines is 1. The van der Waals surface area contributed by atoms with Crippen LogP contribution in [0.25, 0.3) is 10.9 Å². The third-order valence-corrected chi connectivity index (χ3v) is 4.04. The first-order valence-corrected chi connectivity index (χ1v) is 7.65. The number of halogens is 1. The average Bonchev–Trinajstić information content (AvgIpc) is 2.84. The Kier molecular flexibility index (Phi) is 4.26. The van der Waals surface area contributed by atoms with Crippen LogP contribution >= 0.6 is 11.6 Å². The normalized spacial score (nSPS) is 10.7. The number of anilines is 1. The van der Waals surface area contributed by atoms with Gasteiger partial charge < -0.3 is 15.0 Å². The fraction of sp³-hybridized carbons (Fsp3) is 0.167. The number of hydrogen-bond donors (Lipinski definition) is 2. The predicted octanol–water partition coefficient (Wildman–Crippen LogP) is 4.32. The second-order valence-corrected chi connectivity index (χ2v) is 5.81. The van der Waals surface area contributed by atoms with Crippen LogP contribution in [-0.4, -0.2) is 18.0 Å². The van der Waals surface area contributed by atoms with E-state index >= 15 is 0 Å². The minimum atomic E-state index is -0.0702. The van der Waals surface area contributed by atoms with Gasteiger partial charge in [-0.15, -0.1) is 0 Å². The maximum absolute atomic E-state index is 12.3. The molecule has 23 heavy (non-hydrogen) atoms. The minimum Gasteiger partial charge on any atom is -0.497 e. The van der Waals surface area contributed by atoms with Gasteiger partial charge in [0.05, 0.1) is 13.5 Å². The van der Waals surface area contributed by atoms with Gasteiger partial charge in [-0.3, -0.25) is 4.79 Å². The van der Waals surface area contributed by atoms with Crippen LogP contribution in [0, 0.1) is 6.92 Å². The molecule has 0 saturated heterocycles. The van der Waals surface area contributed by atoms with Crippen LogP contribution in [0.5, 0.6) is 5.75 Å². The number of benzene rings is 2. The van der Waals surface area contributed by atoms with Gasteiger partial charge in [0.25, 0.3) is 0 Å². The summed E-state index contributed by atoms with van der Waals surface area (Å²) < 4.78 is 5.27. The summed E-state index contributed by atoms with van der Waals surface area (Å²) in [6, 6.07) is 12.9. The molecule has 3 rings (SSSR count). The SMILES string of the molecule is COc1ccc2[nH]c(C)c(CC(=O)Nc3ccc(Cl)cc3)c2c1. The Bertz CT molecular complexity index is 853. The van der Waals surface area contributed by atoms with Gasteiger partial charge in [-0.2, -0.15) is 0 Å². The molecule has 0 bridgehead atoms. The molecule has 0 aliphatic rings. The van der Waals surface area contributed by atoms with Crippen LogP contribution in [0.15, 0.2) is 42.5 Å². The molecular weight excluding hydrogens is 312 g/mol. The molecule has 5 heteroatoms. The molecule has 2 aromatic carbocycles. The minimum absolute atomic E-state index is 0.0702. The topological polar surface area (TPSA) is 54.1 Å². The van der Waals surface area contributed by atoms with Crippen molar-refractivity contribution in [2.75, 3.05) is 12.4 Å². The fourth-order valence-electron chi connectivity index (χ4n) is 2.62. The molecule has 0 aliphatic heterocycles. The number of nitrogens with one attached hydrogen (secondary N) is 2. The van der Waals surface area contributed by atoms with Crippen LogP contribution in [-0.2, 0) is 11.2 Å². The van der Waals surface area contributed by atoms with E-state index in [1.54, 1.807) is 31.4 Å². The van der Waals surface area contributed by atoms with Crippen molar-refractivity contribution in [3.8, 4) is 5.75 Å². The van der Waals surface area contributed by atoms with Gasteiger partial charge in [0.15, 0.2) is 0 Å². The summed E-state index contributed by atoms with van der Waals surface area (Å²) in [5, 5.41) is 4.53. The van der Waals surface area contributed by atoms with E-state index in [2.05, 4.69) is 10.3 Å². The van der Waals surface area contributed by atoms with Crippen LogP contribution in [0.1, 0.15) is 11.3 Å². The Morgan fingerprint density at radius 2 is 1.96 bits per heavy atom. The molecule has 0 saturated carbocycles. The first-order valence-electron chi connectivity index (χ1n) is 7.27. The van der Waals surface area contributed by atoms with E-state index in [-0.39, 0.29) is 5.91 Å². The highest BCUT2D eigenvalue weighted by Crippen LogP contribution is 2.27. The number of rotatable bonds is 4. The number of methoxy groups -OCH3 is 1. The number of aromatic nitrogens is 1. The van der Waals surface area contributed by atoms with E-state index in [0.29, 0.717) is 11.4 Å². The lowest BCUT2D eigenvalue weighted by atomic mass is 10.1. The van der Waals surface area contributed by atoms with Gasteiger partial charge in [0.2, 0.25) is 5.91 Å². The lowest BCUT2D eigenvalue weighted by Gasteiger charge is -2.06. The van der Waals surface area contributed by atoms with Gasteiger partial charge in [-0.05, 0) is 55.0 Å². The quantitative estimate of drug-likeness (QED) is 0.749. The summed E-state index contributed by atoms with van der Waals surface area (Å²) in [5.74, 6) is 0.704. The third-order valence-electron chi connectivity index (χ3n) is 3.79. The summed E-state index contributed by atoms with van der Waals surface area (Å²) in [4.78, 5) is 15.6. The molecule has 0 unspecified atom stereocenters. The molecule has 3 aromatic rings. The van der Waals surface area contributed by atoms with Crippen LogP contribution in [0.4, 0.5) is 5.69 Å². The number of ether oxygens (including phenoxy) is 1. The number of amides is 1. The highest BCUT2D eigenvalue weighted by atomic mass is 35.5. The third kappa shape index (κ3) is 3.32. The van der Waals surface area contributed by atoms with E-state index in [0.717, 1.165) is 33.6 Å². The number of fused-ring (bicyclic) bond motifs is 1. The maximum atomic E-state index is 12.3. The molecule has 1 aromatic heterocycles. The van der Waals surface area contributed by atoms with Gasteiger partial charge in [0, 0.05) is 27.3 Å². The Morgan fingerprint density at radius 3 is 2.65 bits per heavy atom. The highest BCUT2D eigenvalue weighted by Gasteiger charge is 2.13. The van der Waals surface area contributed by atoms with Crippen molar-refractivity contribution in [3.05, 3.63) is 58.7 Å². The Morgan fingerprint density at radius 1 is 1.22 bits per heavy atom. The van der Waals surface area contributed by atoms with Gasteiger partial charge in [-0.25, -0.2) is 0 Å². The summed E-state index contributed by atoms with van der Waals surface area (Å²) >= 11 is 5.85. The predicted molar refractivity (Wildman–Crippen MR) is 93.4 cm³/mol. The Balaban J connectivity index is 1.84. The summed E-state index contributed by atoms with van der Waals surface area (Å²) in [6.45, 7) is 1.97. The zero-order valence-electron chi connectivity index (χ0n) is 12.9. The van der Waals surface area contributed by atoms with Crippen molar-refractivity contribution in [2.45, 2.75) is 13.3 Å². The van der Waals surface area contributed by atoms with E-state index in [4.69, 9.17) is 16.3 Å². The molecule has 0 spiro atoms. The maximum Gasteiger partial charge on any atom is 0.228 e. The molecule has 0 aliphatic carbocycles. The second kappa shape index (κ2) is 6.34. The van der Waals surface area contributed by atoms with Crippen molar-refractivity contribution >= 4 is 34.1 Å². The zero-order chi connectivity index (χ0) is 16.4. The van der Waals surface area contributed by atoms with Crippen molar-refractivity contribution in [1.29, 1.82) is 0 Å². The molecule has 0 fully saturated rings. The van der Waals surface area contributed by atoms with Crippen LogP contribution in [0.2, 0.25) is 5.02 Å². The molecule has 1 amide bonds. The molecule has 0 atom stereocenters. The fourth-order valence-corrected chi connectivity index (χ4v) is 2.74. The molecule has 4 nitrogen and oxygen atoms in total. The van der Waals surface area contributed by atoms with Crippen molar-refractivity contribution in [2.24, 2.45) is 0 Å². The molecule has 0 radical (unpaired) electrons. The molecule has 2 N–H and O–H groups in total. The number of carbonyl (C=O) groups is 1. The summed E-state index contributed by atoms with van der Waals surface area (Å²) in [6.07, 6.45) is 0.293. The Labute approximate surface area is 139 Å². The Hall–Kier alpha value is -2.46. The smallest absolute Gasteiger partial charge is 0.228 e. The number of aryl methyl sites for hydroxylation is 1. The van der Waals surface area contributed by atoms with E-state index < -0.39 is 0 Å². The number of H-pyrrole nitrogens is 1. The van der Waals surface area contributed by atoms with Crippen molar-refractivity contribution in [3.63, 3.8) is 0 Å². The van der Waals surface area contributed by atoms with Gasteiger partial charge in [-0.1, -0.05) is 11.6 Å². The summed E-state index contributed by atoms with van der Waals surface area (Å²) in [5.41, 5.74) is 3.69. The lowest BCUT2D eigenvalue weighted by molar-refractivity contribution is -0.115. The summed E-state index contributed by atoms with van der Waals surface area (Å²) in [7, 11) is 1.63. The van der Waals surface area contributed by atoms with E-state index in [1.807, 2.05) is 25.1 Å². The van der Waals surface area contributed by atoms with Crippen molar-refractivity contribution < 1.29 is 9.53 Å². The molecular formula is C18H17ClN2O2. The largest absolute Gasteiger partial charge is 0.497 e. The van der Waals surface area contributed by atoms with E-state index in [9.17, 15) is 4.79 Å². The second-order valence-electron chi connectivity index (χ2n) is 5.37. The molecule has 118 valence electrons. The van der Waals surface area contributed by atoms with Gasteiger partial charge in [0.1, 0.15) is 5.75 Å². The number of hydrogen-bond acceptors (Lipinski definition) is 2. The highest BCUT2D eigenvalue weighted by molar-refractivity contribution is 6.30. The monoisotopic (exact) mass is 328 g/mol. The van der Waals surface area contributed by atoms with Crippen LogP contribution in [0.3, 0.4) is 0 Å². The zero-order valence-corrected chi connectivity index (χ0v) is 13.7. The first-order chi connectivity index (χ1) is 11.1. The van der Waals surface area contributed by atoms with E-state index in [1.165, 1.54) is 0 Å². The standard InChI is InChI=1S/C18H17ClN2O2/c1-11-15(16-9-14(23-2)7-8-17(16)20-11)10-18(22)21-13-5-3-12(19)4-6-13/h3-9,20H,10H2,1-2H3,(H,21,22). The van der Waals surface area contributed by atoms with Crippen LogP contribution < -0.4 is 10.1 Å². The number of carbonyl (C=O) groups excluding carboxylic acids is 1.